The number of urea groups is 1. The summed E-state index contributed by atoms with van der Waals surface area (Å²) < 4.78 is 5.60. The van der Waals surface area contributed by atoms with Gasteiger partial charge in [-0.1, -0.05) is 12.1 Å². The third kappa shape index (κ3) is 3.20. The van der Waals surface area contributed by atoms with E-state index in [0.717, 1.165) is 55.4 Å². The Balaban J connectivity index is 1.56. The lowest BCUT2D eigenvalue weighted by molar-refractivity contribution is 0.202. The molecule has 0 aromatic heterocycles. The fourth-order valence-electron chi connectivity index (χ4n) is 2.58. The Labute approximate surface area is 123 Å². The Hall–Kier alpha value is -1.36. The van der Waals surface area contributed by atoms with E-state index < -0.39 is 0 Å². The Morgan fingerprint density at radius 2 is 2.20 bits per heavy atom. The molecule has 0 aliphatic carbocycles. The van der Waals surface area contributed by atoms with Gasteiger partial charge in [0.2, 0.25) is 0 Å². The molecule has 1 N–H and O–H groups in total. The number of amides is 2. The fraction of sp³-hybridized carbons (Fsp3) is 0.533. The Kier molecular flexibility index (Phi) is 4.35. The zero-order chi connectivity index (χ0) is 13.8. The fourth-order valence-corrected chi connectivity index (χ4v) is 3.48. The van der Waals surface area contributed by atoms with Gasteiger partial charge in [-0.15, -0.1) is 0 Å². The van der Waals surface area contributed by atoms with Crippen LogP contribution >= 0.6 is 11.8 Å². The molecule has 2 aliphatic heterocycles. The van der Waals surface area contributed by atoms with Gasteiger partial charge in [-0.2, -0.15) is 11.8 Å². The lowest BCUT2D eigenvalue weighted by Crippen LogP contribution is -2.44. The van der Waals surface area contributed by atoms with Gasteiger partial charge in [0.25, 0.3) is 0 Å². The molecule has 1 fully saturated rings. The summed E-state index contributed by atoms with van der Waals surface area (Å²) in [6.45, 7) is 3.12. The van der Waals surface area contributed by atoms with Gasteiger partial charge < -0.3 is 15.0 Å². The highest BCUT2D eigenvalue weighted by Gasteiger charge is 2.16. The SMILES string of the molecule is O=C(NCc1ccc2c(c1)CCCO2)N1CCSCC1. The molecule has 0 spiro atoms. The van der Waals surface area contributed by atoms with Gasteiger partial charge >= 0.3 is 6.03 Å². The van der Waals surface area contributed by atoms with Crippen molar-refractivity contribution in [3.8, 4) is 5.75 Å². The van der Waals surface area contributed by atoms with Gasteiger partial charge in [0.05, 0.1) is 6.61 Å². The zero-order valence-electron chi connectivity index (χ0n) is 11.6. The van der Waals surface area contributed by atoms with Gasteiger partial charge in [-0.25, -0.2) is 4.79 Å². The minimum Gasteiger partial charge on any atom is -0.493 e. The number of rotatable bonds is 2. The molecule has 5 heteroatoms. The van der Waals surface area contributed by atoms with Crippen molar-refractivity contribution in [2.24, 2.45) is 0 Å². The van der Waals surface area contributed by atoms with E-state index in [2.05, 4.69) is 11.4 Å². The number of carbonyl (C=O) groups excluding carboxylic acids is 1. The normalized spacial score (nSPS) is 18.1. The number of fused-ring (bicyclic) bond motifs is 1. The summed E-state index contributed by atoms with van der Waals surface area (Å²) in [6, 6.07) is 6.27. The molecule has 0 atom stereocenters. The number of nitrogens with zero attached hydrogens (tertiary/aromatic N) is 1. The second-order valence-electron chi connectivity index (χ2n) is 5.15. The third-order valence-electron chi connectivity index (χ3n) is 3.71. The standard InChI is InChI=1S/C15H20N2O2S/c18-15(17-5-8-20-9-6-17)16-11-12-3-4-14-13(10-12)2-1-7-19-14/h3-4,10H,1-2,5-9,11H2,(H,16,18). The summed E-state index contributed by atoms with van der Waals surface area (Å²) >= 11 is 1.91. The van der Waals surface area contributed by atoms with Crippen LogP contribution in [-0.2, 0) is 13.0 Å². The van der Waals surface area contributed by atoms with Crippen LogP contribution in [0.15, 0.2) is 18.2 Å². The van der Waals surface area contributed by atoms with E-state index in [-0.39, 0.29) is 6.03 Å². The van der Waals surface area contributed by atoms with Crippen LogP contribution in [0.4, 0.5) is 4.79 Å². The highest BCUT2D eigenvalue weighted by molar-refractivity contribution is 7.99. The summed E-state index contributed by atoms with van der Waals surface area (Å²) in [4.78, 5) is 13.9. The lowest BCUT2D eigenvalue weighted by atomic mass is 10.0. The zero-order valence-corrected chi connectivity index (χ0v) is 12.4. The highest BCUT2D eigenvalue weighted by atomic mass is 32.2. The molecule has 108 valence electrons. The number of ether oxygens (including phenoxy) is 1. The minimum atomic E-state index is 0.0549. The number of aryl methyl sites for hydroxylation is 1. The third-order valence-corrected chi connectivity index (χ3v) is 4.66. The summed E-state index contributed by atoms with van der Waals surface area (Å²) in [5.74, 6) is 3.09. The first-order valence-corrected chi connectivity index (χ1v) is 8.33. The van der Waals surface area contributed by atoms with E-state index in [4.69, 9.17) is 4.74 Å². The molecule has 2 aliphatic rings. The van der Waals surface area contributed by atoms with Gasteiger partial charge in [0.15, 0.2) is 0 Å². The van der Waals surface area contributed by atoms with Gasteiger partial charge in [-0.05, 0) is 30.0 Å². The van der Waals surface area contributed by atoms with Crippen molar-refractivity contribution in [3.63, 3.8) is 0 Å². The number of nitrogens with one attached hydrogen (secondary N) is 1. The molecule has 0 radical (unpaired) electrons. The topological polar surface area (TPSA) is 41.6 Å². The number of benzene rings is 1. The van der Waals surface area contributed by atoms with Crippen LogP contribution < -0.4 is 10.1 Å². The molecular weight excluding hydrogens is 272 g/mol. The molecular formula is C15H20N2O2S. The second-order valence-corrected chi connectivity index (χ2v) is 6.38. The van der Waals surface area contributed by atoms with E-state index >= 15 is 0 Å². The first-order valence-electron chi connectivity index (χ1n) is 7.18. The summed E-state index contributed by atoms with van der Waals surface area (Å²) in [5, 5.41) is 3.01. The van der Waals surface area contributed by atoms with Crippen molar-refractivity contribution in [2.45, 2.75) is 19.4 Å². The maximum absolute atomic E-state index is 12.0. The van der Waals surface area contributed by atoms with Crippen molar-refractivity contribution in [1.29, 1.82) is 0 Å². The summed E-state index contributed by atoms with van der Waals surface area (Å²) in [7, 11) is 0. The smallest absolute Gasteiger partial charge is 0.317 e. The molecule has 2 heterocycles. The van der Waals surface area contributed by atoms with E-state index in [1.165, 1.54) is 5.56 Å². The molecule has 0 unspecified atom stereocenters. The molecule has 1 aromatic rings. The molecule has 1 aromatic carbocycles. The quantitative estimate of drug-likeness (QED) is 0.909. The lowest BCUT2D eigenvalue weighted by Gasteiger charge is -2.26. The molecule has 0 saturated carbocycles. The van der Waals surface area contributed by atoms with Crippen LogP contribution in [0.2, 0.25) is 0 Å². The number of hydrogen-bond donors (Lipinski definition) is 1. The molecule has 2 amide bonds. The monoisotopic (exact) mass is 292 g/mol. The summed E-state index contributed by atoms with van der Waals surface area (Å²) in [6.07, 6.45) is 2.15. The van der Waals surface area contributed by atoms with Crippen LogP contribution in [0.1, 0.15) is 17.5 Å². The second kappa shape index (κ2) is 6.39. The minimum absolute atomic E-state index is 0.0549. The molecule has 0 bridgehead atoms. The van der Waals surface area contributed by atoms with Crippen LogP contribution in [0.5, 0.6) is 5.75 Å². The number of hydrogen-bond acceptors (Lipinski definition) is 3. The van der Waals surface area contributed by atoms with Crippen molar-refractivity contribution in [3.05, 3.63) is 29.3 Å². The van der Waals surface area contributed by atoms with Gasteiger partial charge in [0.1, 0.15) is 5.75 Å². The van der Waals surface area contributed by atoms with E-state index in [1.807, 2.05) is 28.8 Å². The van der Waals surface area contributed by atoms with Crippen LogP contribution in [0.3, 0.4) is 0 Å². The largest absolute Gasteiger partial charge is 0.493 e. The maximum Gasteiger partial charge on any atom is 0.317 e. The van der Waals surface area contributed by atoms with E-state index in [9.17, 15) is 4.79 Å². The molecule has 4 nitrogen and oxygen atoms in total. The Morgan fingerprint density at radius 3 is 3.05 bits per heavy atom. The van der Waals surface area contributed by atoms with Crippen LogP contribution in [0, 0.1) is 0 Å². The molecule has 3 rings (SSSR count). The van der Waals surface area contributed by atoms with Crippen molar-refractivity contribution >= 4 is 17.8 Å². The average molecular weight is 292 g/mol. The first-order chi connectivity index (χ1) is 9.83. The van der Waals surface area contributed by atoms with Crippen LogP contribution in [0.25, 0.3) is 0 Å². The first kappa shape index (κ1) is 13.6. The molecule has 1 saturated heterocycles. The van der Waals surface area contributed by atoms with Crippen molar-refractivity contribution in [1.82, 2.24) is 10.2 Å². The van der Waals surface area contributed by atoms with Gasteiger partial charge in [-0.3, -0.25) is 0 Å². The number of carbonyl (C=O) groups is 1. The highest BCUT2D eigenvalue weighted by Crippen LogP contribution is 2.25. The maximum atomic E-state index is 12.0. The number of thioether (sulfide) groups is 1. The van der Waals surface area contributed by atoms with Crippen LogP contribution in [-0.4, -0.2) is 42.1 Å². The molecule has 20 heavy (non-hydrogen) atoms. The van der Waals surface area contributed by atoms with Crippen molar-refractivity contribution < 1.29 is 9.53 Å². The van der Waals surface area contributed by atoms with Gasteiger partial charge in [0, 0.05) is 31.1 Å². The predicted octanol–water partition coefficient (Wildman–Crippen LogP) is 2.27. The van der Waals surface area contributed by atoms with E-state index in [0.29, 0.717) is 6.54 Å². The Morgan fingerprint density at radius 1 is 1.35 bits per heavy atom. The van der Waals surface area contributed by atoms with E-state index in [1.54, 1.807) is 0 Å². The Bertz CT molecular complexity index is 487. The average Bonchev–Trinajstić information content (AvgIpc) is 2.53. The van der Waals surface area contributed by atoms with Crippen molar-refractivity contribution in [2.75, 3.05) is 31.2 Å². The summed E-state index contributed by atoms with van der Waals surface area (Å²) in [5.41, 5.74) is 2.41. The predicted molar refractivity (Wildman–Crippen MR) is 81.4 cm³/mol.